The average Bonchev–Trinajstić information content (AvgIpc) is 2.63. The summed E-state index contributed by atoms with van der Waals surface area (Å²) in [5.41, 5.74) is 0.862. The Labute approximate surface area is 156 Å². The van der Waals surface area contributed by atoms with Crippen molar-refractivity contribution in [2.75, 3.05) is 24.5 Å². The maximum Gasteiger partial charge on any atom is 0.328 e. The van der Waals surface area contributed by atoms with Gasteiger partial charge in [-0.3, -0.25) is 19.8 Å². The van der Waals surface area contributed by atoms with Crippen molar-refractivity contribution in [3.05, 3.63) is 28.8 Å². The minimum atomic E-state index is -0.539. The van der Waals surface area contributed by atoms with E-state index in [1.54, 1.807) is 23.1 Å². The molecule has 138 valence electrons. The summed E-state index contributed by atoms with van der Waals surface area (Å²) in [5.74, 6) is -0.110. The number of carbonyl (C=O) groups is 4. The molecule has 2 saturated heterocycles. The van der Waals surface area contributed by atoms with E-state index in [2.05, 4.69) is 5.32 Å². The number of imide groups is 1. The minimum Gasteiger partial charge on any atom is -0.339 e. The van der Waals surface area contributed by atoms with Crippen molar-refractivity contribution < 1.29 is 19.2 Å². The Bertz CT molecular complexity index is 744. The summed E-state index contributed by atoms with van der Waals surface area (Å²) in [6.07, 6.45) is 3.27. The molecule has 1 aromatic rings. The molecule has 2 heterocycles. The first kappa shape index (κ1) is 18.4. The number of carbonyl (C=O) groups excluding carboxylic acids is 4. The van der Waals surface area contributed by atoms with E-state index >= 15 is 0 Å². The summed E-state index contributed by atoms with van der Waals surface area (Å²) in [5, 5.41) is 2.59. The standard InChI is InChI=1S/C18H20ClN3O4/c19-14-2-1-13(11-15(14)22-9-5-16(24)20-18(22)26)17(25)21-7-3-12(4-8-21)6-10-23/h1-2,10-12H,3-9H2,(H,20,24,26). The van der Waals surface area contributed by atoms with Crippen LogP contribution in [0.25, 0.3) is 0 Å². The van der Waals surface area contributed by atoms with E-state index in [0.29, 0.717) is 41.7 Å². The second-order valence-electron chi connectivity index (χ2n) is 6.56. The molecule has 1 N–H and O–H groups in total. The van der Waals surface area contributed by atoms with Gasteiger partial charge in [0.25, 0.3) is 5.91 Å². The molecule has 0 radical (unpaired) electrons. The van der Waals surface area contributed by atoms with Crippen LogP contribution in [0.15, 0.2) is 18.2 Å². The van der Waals surface area contributed by atoms with Gasteiger partial charge in [-0.15, -0.1) is 0 Å². The van der Waals surface area contributed by atoms with Crippen LogP contribution in [0.2, 0.25) is 5.02 Å². The highest BCUT2D eigenvalue weighted by atomic mass is 35.5. The number of hydrogen-bond donors (Lipinski definition) is 1. The number of amides is 4. The number of hydrogen-bond acceptors (Lipinski definition) is 4. The Hall–Kier alpha value is -2.41. The summed E-state index contributed by atoms with van der Waals surface area (Å²) >= 11 is 6.21. The van der Waals surface area contributed by atoms with E-state index in [-0.39, 0.29) is 24.8 Å². The number of likely N-dealkylation sites (tertiary alicyclic amines) is 1. The van der Waals surface area contributed by atoms with Crippen LogP contribution >= 0.6 is 11.6 Å². The van der Waals surface area contributed by atoms with Crippen LogP contribution in [0.4, 0.5) is 10.5 Å². The van der Waals surface area contributed by atoms with E-state index in [4.69, 9.17) is 11.6 Å². The Kier molecular flexibility index (Phi) is 5.56. The zero-order chi connectivity index (χ0) is 18.7. The number of anilines is 1. The van der Waals surface area contributed by atoms with Crippen LogP contribution in [0, 0.1) is 5.92 Å². The lowest BCUT2D eigenvalue weighted by Gasteiger charge is -2.32. The van der Waals surface area contributed by atoms with Gasteiger partial charge >= 0.3 is 6.03 Å². The summed E-state index contributed by atoms with van der Waals surface area (Å²) in [6, 6.07) is 4.28. The van der Waals surface area contributed by atoms with Crippen LogP contribution in [-0.4, -0.2) is 48.7 Å². The SMILES string of the molecule is O=CCC1CCN(C(=O)c2ccc(Cl)c(N3CCC(=O)NC3=O)c2)CC1. The smallest absolute Gasteiger partial charge is 0.328 e. The molecule has 0 saturated carbocycles. The van der Waals surface area contributed by atoms with Gasteiger partial charge in [-0.05, 0) is 37.0 Å². The molecule has 2 aliphatic heterocycles. The number of aldehydes is 1. The number of nitrogens with zero attached hydrogens (tertiary/aromatic N) is 2. The molecule has 26 heavy (non-hydrogen) atoms. The lowest BCUT2D eigenvalue weighted by Crippen LogP contribution is -2.49. The highest BCUT2D eigenvalue weighted by molar-refractivity contribution is 6.34. The van der Waals surface area contributed by atoms with Crippen molar-refractivity contribution in [3.63, 3.8) is 0 Å². The van der Waals surface area contributed by atoms with Crippen LogP contribution in [0.5, 0.6) is 0 Å². The van der Waals surface area contributed by atoms with Crippen molar-refractivity contribution in [2.24, 2.45) is 5.92 Å². The van der Waals surface area contributed by atoms with Gasteiger partial charge in [0, 0.05) is 38.0 Å². The predicted molar refractivity (Wildman–Crippen MR) is 96.3 cm³/mol. The molecule has 0 aliphatic carbocycles. The summed E-state index contributed by atoms with van der Waals surface area (Å²) in [4.78, 5) is 49.9. The molecule has 0 unspecified atom stereocenters. The molecule has 0 aromatic heterocycles. The number of benzene rings is 1. The first-order valence-corrected chi connectivity index (χ1v) is 9.01. The van der Waals surface area contributed by atoms with E-state index in [1.807, 2.05) is 0 Å². The summed E-state index contributed by atoms with van der Waals surface area (Å²) < 4.78 is 0. The molecule has 7 nitrogen and oxygen atoms in total. The molecule has 2 fully saturated rings. The zero-order valence-electron chi connectivity index (χ0n) is 14.2. The fourth-order valence-electron chi connectivity index (χ4n) is 3.34. The maximum absolute atomic E-state index is 12.8. The Balaban J connectivity index is 1.75. The third-order valence-corrected chi connectivity index (χ3v) is 5.19. The lowest BCUT2D eigenvalue weighted by atomic mass is 9.94. The highest BCUT2D eigenvalue weighted by Gasteiger charge is 2.28. The molecule has 8 heteroatoms. The second kappa shape index (κ2) is 7.86. The Morgan fingerprint density at radius 3 is 2.62 bits per heavy atom. The third-order valence-electron chi connectivity index (χ3n) is 4.87. The van der Waals surface area contributed by atoms with Crippen molar-refractivity contribution >= 4 is 41.4 Å². The molecule has 3 rings (SSSR count). The first-order valence-electron chi connectivity index (χ1n) is 8.63. The Morgan fingerprint density at radius 1 is 1.23 bits per heavy atom. The summed E-state index contributed by atoms with van der Waals surface area (Å²) in [6.45, 7) is 1.43. The summed E-state index contributed by atoms with van der Waals surface area (Å²) in [7, 11) is 0. The van der Waals surface area contributed by atoms with Crippen LogP contribution in [0.1, 0.15) is 36.0 Å². The van der Waals surface area contributed by atoms with Crippen LogP contribution < -0.4 is 10.2 Å². The highest BCUT2D eigenvalue weighted by Crippen LogP contribution is 2.29. The average molecular weight is 378 g/mol. The number of halogens is 1. The molecule has 0 bridgehead atoms. The molecular formula is C18H20ClN3O4. The Morgan fingerprint density at radius 2 is 1.96 bits per heavy atom. The predicted octanol–water partition coefficient (Wildman–Crippen LogP) is 2.23. The largest absolute Gasteiger partial charge is 0.339 e. The number of urea groups is 1. The van der Waals surface area contributed by atoms with Crippen molar-refractivity contribution in [2.45, 2.75) is 25.7 Å². The van der Waals surface area contributed by atoms with Gasteiger partial charge in [0.2, 0.25) is 5.91 Å². The van der Waals surface area contributed by atoms with Crippen LogP contribution in [0.3, 0.4) is 0 Å². The third kappa shape index (κ3) is 3.88. The van der Waals surface area contributed by atoms with Crippen LogP contribution in [-0.2, 0) is 9.59 Å². The molecule has 4 amide bonds. The normalized spacial score (nSPS) is 18.7. The van der Waals surface area contributed by atoms with E-state index in [0.717, 1.165) is 19.1 Å². The van der Waals surface area contributed by atoms with Crippen molar-refractivity contribution in [3.8, 4) is 0 Å². The van der Waals surface area contributed by atoms with Gasteiger partial charge in [0.05, 0.1) is 10.7 Å². The van der Waals surface area contributed by atoms with Crippen molar-refractivity contribution in [1.29, 1.82) is 0 Å². The van der Waals surface area contributed by atoms with Gasteiger partial charge in [-0.2, -0.15) is 0 Å². The molecule has 0 atom stereocenters. The monoisotopic (exact) mass is 377 g/mol. The molecule has 2 aliphatic rings. The van der Waals surface area contributed by atoms with Gasteiger partial charge in [0.15, 0.2) is 0 Å². The second-order valence-corrected chi connectivity index (χ2v) is 6.97. The van der Waals surface area contributed by atoms with E-state index < -0.39 is 6.03 Å². The minimum absolute atomic E-state index is 0.124. The van der Waals surface area contributed by atoms with E-state index in [9.17, 15) is 19.2 Å². The number of nitrogens with one attached hydrogen (secondary N) is 1. The van der Waals surface area contributed by atoms with Gasteiger partial charge in [0.1, 0.15) is 6.29 Å². The fourth-order valence-corrected chi connectivity index (χ4v) is 3.56. The van der Waals surface area contributed by atoms with Gasteiger partial charge in [-0.1, -0.05) is 11.6 Å². The number of rotatable bonds is 4. The first-order chi connectivity index (χ1) is 12.5. The van der Waals surface area contributed by atoms with Gasteiger partial charge in [-0.25, -0.2) is 4.79 Å². The lowest BCUT2D eigenvalue weighted by molar-refractivity contribution is -0.120. The maximum atomic E-state index is 12.8. The molecular weight excluding hydrogens is 358 g/mol. The zero-order valence-corrected chi connectivity index (χ0v) is 15.0. The van der Waals surface area contributed by atoms with Gasteiger partial charge < -0.3 is 9.69 Å². The van der Waals surface area contributed by atoms with Crippen molar-refractivity contribution in [1.82, 2.24) is 10.2 Å². The number of piperidine rings is 1. The molecule has 1 aromatic carbocycles. The quantitative estimate of drug-likeness (QED) is 0.815. The van der Waals surface area contributed by atoms with E-state index in [1.165, 1.54) is 4.90 Å². The topological polar surface area (TPSA) is 86.8 Å². The fraction of sp³-hybridized carbons (Fsp3) is 0.444. The molecule has 0 spiro atoms.